The van der Waals surface area contributed by atoms with E-state index in [2.05, 4.69) is 10.6 Å². The highest BCUT2D eigenvalue weighted by Gasteiger charge is 2.43. The van der Waals surface area contributed by atoms with Crippen molar-refractivity contribution in [2.45, 2.75) is 56.4 Å². The number of nitrogens with one attached hydrogen (secondary N) is 2. The Morgan fingerprint density at radius 1 is 0.909 bits per heavy atom. The van der Waals surface area contributed by atoms with Crippen molar-refractivity contribution in [3.63, 3.8) is 0 Å². The molecule has 2 N–H and O–H groups in total. The molecular formula is C30H23F8N3O3. The molecule has 232 valence electrons. The third-order valence-corrected chi connectivity index (χ3v) is 7.46. The first-order valence-electron chi connectivity index (χ1n) is 13.5. The molecule has 5 rings (SSSR count). The number of nitrogens with zero attached hydrogens (tertiary/aromatic N) is 1. The van der Waals surface area contributed by atoms with Crippen molar-refractivity contribution in [2.75, 3.05) is 4.90 Å². The summed E-state index contributed by atoms with van der Waals surface area (Å²) in [6.07, 6.45) is -5.56. The smallest absolute Gasteiger partial charge is 0.342 e. The molecule has 1 aliphatic heterocycles. The number of fused-ring (bicyclic) bond motifs is 1. The molecule has 0 saturated heterocycles. The summed E-state index contributed by atoms with van der Waals surface area (Å²) in [5, 5.41) is 4.49. The molecule has 0 spiro atoms. The first-order valence-corrected chi connectivity index (χ1v) is 13.5. The van der Waals surface area contributed by atoms with Gasteiger partial charge >= 0.3 is 6.18 Å². The quantitative estimate of drug-likeness (QED) is 0.274. The van der Waals surface area contributed by atoms with E-state index >= 15 is 0 Å². The predicted octanol–water partition coefficient (Wildman–Crippen LogP) is 5.37. The summed E-state index contributed by atoms with van der Waals surface area (Å²) in [5.41, 5.74) is -3.58. The Balaban J connectivity index is 1.45. The zero-order valence-corrected chi connectivity index (χ0v) is 22.6. The monoisotopic (exact) mass is 625 g/mol. The van der Waals surface area contributed by atoms with Gasteiger partial charge in [0.25, 0.3) is 5.91 Å². The molecule has 6 nitrogen and oxygen atoms in total. The Bertz CT molecular complexity index is 1640. The second-order valence-electron chi connectivity index (χ2n) is 10.5. The summed E-state index contributed by atoms with van der Waals surface area (Å²) in [5.74, 6) is -9.46. The van der Waals surface area contributed by atoms with Crippen molar-refractivity contribution in [3.8, 4) is 0 Å². The summed E-state index contributed by atoms with van der Waals surface area (Å²) in [4.78, 5) is 41.1. The van der Waals surface area contributed by atoms with Crippen LogP contribution in [0.4, 0.5) is 40.8 Å². The van der Waals surface area contributed by atoms with Gasteiger partial charge in [0.1, 0.15) is 29.5 Å². The Labute approximate surface area is 245 Å². The van der Waals surface area contributed by atoms with Crippen LogP contribution in [-0.4, -0.2) is 35.8 Å². The number of anilines is 1. The maximum atomic E-state index is 14.9. The lowest BCUT2D eigenvalue weighted by Gasteiger charge is -2.28. The van der Waals surface area contributed by atoms with Gasteiger partial charge in [-0.1, -0.05) is 18.2 Å². The number of hydrogen-bond donors (Lipinski definition) is 2. The van der Waals surface area contributed by atoms with Crippen LogP contribution in [0.1, 0.15) is 46.3 Å². The number of rotatable bonds is 7. The van der Waals surface area contributed by atoms with Gasteiger partial charge in [-0.05, 0) is 55.5 Å². The lowest BCUT2D eigenvalue weighted by molar-refractivity contribution is -0.138. The molecule has 3 aromatic carbocycles. The predicted molar refractivity (Wildman–Crippen MR) is 140 cm³/mol. The van der Waals surface area contributed by atoms with E-state index in [9.17, 15) is 49.5 Å². The SMILES string of the molecule is O=C(NC(Cc1ccccc1F)C(=O)NC1CCc2c(F)c(F)cc(F)c2N(C2CC2)C1=O)c1ccc(F)cc1C(F)(F)F. The number of alkyl halides is 3. The molecule has 1 aliphatic carbocycles. The molecule has 3 amide bonds. The van der Waals surface area contributed by atoms with E-state index in [1.165, 1.54) is 18.2 Å². The second kappa shape index (κ2) is 11.9. The number of carbonyl (C=O) groups excluding carboxylic acids is 3. The maximum absolute atomic E-state index is 14.9. The van der Waals surface area contributed by atoms with Gasteiger partial charge in [-0.3, -0.25) is 14.4 Å². The third-order valence-electron chi connectivity index (χ3n) is 7.46. The van der Waals surface area contributed by atoms with E-state index in [4.69, 9.17) is 0 Å². The van der Waals surface area contributed by atoms with Crippen LogP contribution in [0, 0.1) is 29.1 Å². The number of carbonyl (C=O) groups is 3. The summed E-state index contributed by atoms with van der Waals surface area (Å²) < 4.78 is 113. The molecule has 44 heavy (non-hydrogen) atoms. The van der Waals surface area contributed by atoms with Crippen molar-refractivity contribution < 1.29 is 49.5 Å². The van der Waals surface area contributed by atoms with E-state index < -0.39 is 99.9 Å². The highest BCUT2D eigenvalue weighted by atomic mass is 19.4. The molecule has 1 saturated carbocycles. The molecule has 1 heterocycles. The van der Waals surface area contributed by atoms with Gasteiger partial charge in [0.2, 0.25) is 11.8 Å². The number of hydrogen-bond acceptors (Lipinski definition) is 3. The highest BCUT2D eigenvalue weighted by molar-refractivity contribution is 6.03. The fourth-order valence-electron chi connectivity index (χ4n) is 5.19. The minimum Gasteiger partial charge on any atom is -0.342 e. The van der Waals surface area contributed by atoms with Gasteiger partial charge in [0.15, 0.2) is 11.6 Å². The topological polar surface area (TPSA) is 78.5 Å². The minimum absolute atomic E-state index is 0.107. The third kappa shape index (κ3) is 6.24. The minimum atomic E-state index is -5.14. The van der Waals surface area contributed by atoms with Crippen molar-refractivity contribution in [3.05, 3.63) is 99.9 Å². The van der Waals surface area contributed by atoms with E-state index in [0.29, 0.717) is 31.0 Å². The van der Waals surface area contributed by atoms with Gasteiger partial charge in [-0.15, -0.1) is 0 Å². The Morgan fingerprint density at radius 3 is 2.27 bits per heavy atom. The maximum Gasteiger partial charge on any atom is 0.417 e. The second-order valence-corrected chi connectivity index (χ2v) is 10.5. The first kappa shape index (κ1) is 31.0. The molecule has 2 aliphatic rings. The molecule has 0 radical (unpaired) electrons. The van der Waals surface area contributed by atoms with Gasteiger partial charge < -0.3 is 15.5 Å². The van der Waals surface area contributed by atoms with Gasteiger partial charge in [0, 0.05) is 24.1 Å². The van der Waals surface area contributed by atoms with Crippen molar-refractivity contribution in [2.24, 2.45) is 0 Å². The van der Waals surface area contributed by atoms with Gasteiger partial charge in [0.05, 0.1) is 16.8 Å². The summed E-state index contributed by atoms with van der Waals surface area (Å²) in [6, 6.07) is 2.94. The summed E-state index contributed by atoms with van der Waals surface area (Å²) in [7, 11) is 0. The molecule has 14 heteroatoms. The van der Waals surface area contributed by atoms with Crippen LogP contribution >= 0.6 is 0 Å². The molecule has 0 bridgehead atoms. The van der Waals surface area contributed by atoms with Crippen LogP contribution in [0.25, 0.3) is 0 Å². The summed E-state index contributed by atoms with van der Waals surface area (Å²) in [6.45, 7) is 0. The van der Waals surface area contributed by atoms with E-state index in [1.54, 1.807) is 0 Å². The number of benzene rings is 3. The zero-order chi connectivity index (χ0) is 31.9. The van der Waals surface area contributed by atoms with Crippen molar-refractivity contribution in [1.29, 1.82) is 0 Å². The molecule has 3 aromatic rings. The standard InChI is InChI=1S/C30H23F8N3O3/c31-15-5-8-17(19(12-15)30(36,37)38)27(42)40-24(11-14-3-1-2-4-20(14)32)28(43)39-23-10-9-18-25(35)21(33)13-22(34)26(18)41(29(23)44)16-6-7-16/h1-5,8,12-13,16,23-24H,6-7,9-11H2,(H,39,43)(H,40,42). The fraction of sp³-hybridized carbons (Fsp3) is 0.300. The van der Waals surface area contributed by atoms with Crippen molar-refractivity contribution in [1.82, 2.24) is 10.6 Å². The number of amides is 3. The first-order chi connectivity index (χ1) is 20.8. The molecule has 0 aromatic heterocycles. The largest absolute Gasteiger partial charge is 0.417 e. The molecule has 2 unspecified atom stereocenters. The molecular weight excluding hydrogens is 602 g/mol. The normalized spacial score (nSPS) is 17.5. The summed E-state index contributed by atoms with van der Waals surface area (Å²) >= 11 is 0. The van der Waals surface area contributed by atoms with E-state index in [1.807, 2.05) is 0 Å². The van der Waals surface area contributed by atoms with Crippen LogP contribution in [0.3, 0.4) is 0 Å². The van der Waals surface area contributed by atoms with Crippen LogP contribution in [0.15, 0.2) is 48.5 Å². The Morgan fingerprint density at radius 2 is 1.61 bits per heavy atom. The van der Waals surface area contributed by atoms with Gasteiger partial charge in [-0.25, -0.2) is 22.0 Å². The van der Waals surface area contributed by atoms with E-state index in [-0.39, 0.29) is 24.5 Å². The average Bonchev–Trinajstić information content (AvgIpc) is 3.80. The lowest BCUT2D eigenvalue weighted by atomic mass is 10.0. The van der Waals surface area contributed by atoms with Crippen LogP contribution in [0.2, 0.25) is 0 Å². The van der Waals surface area contributed by atoms with Gasteiger partial charge in [-0.2, -0.15) is 13.2 Å². The van der Waals surface area contributed by atoms with Crippen molar-refractivity contribution >= 4 is 23.4 Å². The fourth-order valence-corrected chi connectivity index (χ4v) is 5.19. The molecule has 1 fully saturated rings. The Hall–Kier alpha value is -4.49. The average molecular weight is 626 g/mol. The van der Waals surface area contributed by atoms with Crippen LogP contribution in [0.5, 0.6) is 0 Å². The van der Waals surface area contributed by atoms with Crippen LogP contribution < -0.4 is 15.5 Å². The Kier molecular flexibility index (Phi) is 8.36. The lowest BCUT2D eigenvalue weighted by Crippen LogP contribution is -2.55. The van der Waals surface area contributed by atoms with E-state index in [0.717, 1.165) is 11.0 Å². The number of halogens is 8. The molecule has 2 atom stereocenters. The highest BCUT2D eigenvalue weighted by Crippen LogP contribution is 2.40. The van der Waals surface area contributed by atoms with Crippen LogP contribution in [-0.2, 0) is 28.6 Å². The zero-order valence-electron chi connectivity index (χ0n) is 22.6.